The summed E-state index contributed by atoms with van der Waals surface area (Å²) in [6, 6.07) is 10.8. The normalized spacial score (nSPS) is 11.6. The van der Waals surface area contributed by atoms with Gasteiger partial charge in [-0.2, -0.15) is 0 Å². The number of rotatable bonds is 4. The van der Waals surface area contributed by atoms with Gasteiger partial charge in [-0.1, -0.05) is 17.7 Å². The monoisotopic (exact) mass is 355 g/mol. The quantitative estimate of drug-likeness (QED) is 0.633. The molecule has 0 spiro atoms. The van der Waals surface area contributed by atoms with Crippen molar-refractivity contribution < 1.29 is 13.9 Å². The van der Waals surface area contributed by atoms with Crippen molar-refractivity contribution in [2.24, 2.45) is 0 Å². The van der Waals surface area contributed by atoms with Gasteiger partial charge >= 0.3 is 0 Å². The number of methoxy groups -OCH3 is 1. The number of ether oxygens (including phenoxy) is 1. The molecule has 0 bridgehead atoms. The molecule has 0 fully saturated rings. The topological polar surface area (TPSA) is 51.5 Å². The molecule has 0 saturated carbocycles. The van der Waals surface area contributed by atoms with Gasteiger partial charge in [0, 0.05) is 33.8 Å². The molecule has 25 heavy (non-hydrogen) atoms. The zero-order chi connectivity index (χ0) is 18.0. The Morgan fingerprint density at radius 3 is 2.80 bits per heavy atom. The molecule has 3 aromatic rings. The van der Waals surface area contributed by atoms with Crippen molar-refractivity contribution in [1.82, 2.24) is 0 Å². The molecular weight excluding hydrogens is 338 g/mol. The highest BCUT2D eigenvalue weighted by Crippen LogP contribution is 2.33. The Labute approximate surface area is 151 Å². The van der Waals surface area contributed by atoms with Crippen LogP contribution in [0.1, 0.15) is 18.1 Å². The van der Waals surface area contributed by atoms with Crippen molar-refractivity contribution in [2.45, 2.75) is 13.8 Å². The van der Waals surface area contributed by atoms with Gasteiger partial charge < -0.3 is 14.5 Å². The second-order valence-corrected chi connectivity index (χ2v) is 6.23. The molecule has 0 atom stereocenters. The maximum Gasteiger partial charge on any atom is 0.248 e. The van der Waals surface area contributed by atoms with Crippen molar-refractivity contribution in [3.8, 4) is 5.75 Å². The van der Waals surface area contributed by atoms with Crippen molar-refractivity contribution in [2.75, 3.05) is 12.4 Å². The van der Waals surface area contributed by atoms with E-state index in [0.29, 0.717) is 16.5 Å². The summed E-state index contributed by atoms with van der Waals surface area (Å²) in [5, 5.41) is 4.37. The summed E-state index contributed by atoms with van der Waals surface area (Å²) in [5.74, 6) is 0.428. The lowest BCUT2D eigenvalue weighted by Crippen LogP contribution is -2.08. The van der Waals surface area contributed by atoms with E-state index in [0.717, 1.165) is 27.7 Å². The molecule has 1 N–H and O–H groups in total. The summed E-state index contributed by atoms with van der Waals surface area (Å²) in [7, 11) is 1.60. The summed E-state index contributed by atoms with van der Waals surface area (Å²) in [6.45, 7) is 3.85. The summed E-state index contributed by atoms with van der Waals surface area (Å²) in [5.41, 5.74) is 4.08. The Balaban J connectivity index is 1.92. The Bertz CT molecular complexity index is 972. The number of hydrogen-bond acceptors (Lipinski definition) is 3. The van der Waals surface area contributed by atoms with Crippen LogP contribution in [0.3, 0.4) is 0 Å². The molecule has 128 valence electrons. The highest BCUT2D eigenvalue weighted by Gasteiger charge is 2.12. The van der Waals surface area contributed by atoms with Gasteiger partial charge in [-0.05, 0) is 49.2 Å². The van der Waals surface area contributed by atoms with Crippen LogP contribution in [0, 0.1) is 6.92 Å². The number of fused-ring (bicyclic) bond motifs is 1. The lowest BCUT2D eigenvalue weighted by atomic mass is 10.0. The third-order valence-electron chi connectivity index (χ3n) is 3.95. The van der Waals surface area contributed by atoms with Crippen LogP contribution in [-0.4, -0.2) is 13.0 Å². The van der Waals surface area contributed by atoms with E-state index in [-0.39, 0.29) is 5.91 Å². The number of allylic oxidation sites excluding steroid dienone is 1. The number of anilines is 1. The largest absolute Gasteiger partial charge is 0.496 e. The summed E-state index contributed by atoms with van der Waals surface area (Å²) >= 11 is 5.94. The Morgan fingerprint density at radius 2 is 2.08 bits per heavy atom. The first-order valence-corrected chi connectivity index (χ1v) is 8.17. The SMILES string of the molecule is COc1cc2occ(C)c2cc1/C(C)=C/C(=O)Nc1cccc(Cl)c1. The van der Waals surface area contributed by atoms with E-state index in [1.807, 2.05) is 26.0 Å². The fraction of sp³-hybridized carbons (Fsp3) is 0.150. The zero-order valence-corrected chi connectivity index (χ0v) is 15.0. The molecule has 0 aliphatic carbocycles. The van der Waals surface area contributed by atoms with Gasteiger partial charge in [0.05, 0.1) is 13.4 Å². The number of carbonyl (C=O) groups is 1. The maximum atomic E-state index is 12.3. The molecule has 0 aliphatic heterocycles. The molecule has 0 radical (unpaired) electrons. The average Bonchev–Trinajstić information content (AvgIpc) is 2.94. The number of benzene rings is 2. The van der Waals surface area contributed by atoms with Gasteiger partial charge in [0.2, 0.25) is 5.91 Å². The van der Waals surface area contributed by atoms with Gasteiger partial charge in [0.25, 0.3) is 0 Å². The predicted molar refractivity (Wildman–Crippen MR) is 101 cm³/mol. The molecule has 0 saturated heterocycles. The Morgan fingerprint density at radius 1 is 1.28 bits per heavy atom. The van der Waals surface area contributed by atoms with E-state index >= 15 is 0 Å². The van der Waals surface area contributed by atoms with E-state index < -0.39 is 0 Å². The fourth-order valence-electron chi connectivity index (χ4n) is 2.68. The van der Waals surface area contributed by atoms with Crippen LogP contribution in [0.5, 0.6) is 5.75 Å². The highest BCUT2D eigenvalue weighted by atomic mass is 35.5. The van der Waals surface area contributed by atoms with Crippen molar-refractivity contribution in [3.05, 3.63) is 64.9 Å². The molecule has 5 heteroatoms. The van der Waals surface area contributed by atoms with Gasteiger partial charge in [0.1, 0.15) is 11.3 Å². The van der Waals surface area contributed by atoms with E-state index in [1.54, 1.807) is 43.7 Å². The number of carbonyl (C=O) groups excluding carboxylic acids is 1. The summed E-state index contributed by atoms with van der Waals surface area (Å²) < 4.78 is 11.0. The molecule has 1 aromatic heterocycles. The van der Waals surface area contributed by atoms with Crippen LogP contribution in [0.2, 0.25) is 5.02 Å². The summed E-state index contributed by atoms with van der Waals surface area (Å²) in [4.78, 5) is 12.3. The van der Waals surface area contributed by atoms with E-state index in [9.17, 15) is 4.79 Å². The van der Waals surface area contributed by atoms with Crippen molar-refractivity contribution >= 4 is 39.7 Å². The lowest BCUT2D eigenvalue weighted by Gasteiger charge is -2.10. The van der Waals surface area contributed by atoms with Crippen molar-refractivity contribution in [1.29, 1.82) is 0 Å². The molecular formula is C20H18ClNO3. The number of aryl methyl sites for hydroxylation is 1. The molecule has 0 unspecified atom stereocenters. The van der Waals surface area contributed by atoms with E-state index in [1.165, 1.54) is 0 Å². The molecule has 1 heterocycles. The van der Waals surface area contributed by atoms with E-state index in [2.05, 4.69) is 5.32 Å². The van der Waals surface area contributed by atoms with Gasteiger partial charge in [-0.3, -0.25) is 4.79 Å². The minimum absolute atomic E-state index is 0.231. The van der Waals surface area contributed by atoms with Gasteiger partial charge in [0.15, 0.2) is 0 Å². The Kier molecular flexibility index (Phi) is 4.81. The predicted octanol–water partition coefficient (Wildman–Crippen LogP) is 5.45. The van der Waals surface area contributed by atoms with Crippen LogP contribution >= 0.6 is 11.6 Å². The minimum atomic E-state index is -0.231. The first kappa shape index (κ1) is 17.1. The number of hydrogen-bond donors (Lipinski definition) is 1. The van der Waals surface area contributed by atoms with E-state index in [4.69, 9.17) is 20.8 Å². The van der Waals surface area contributed by atoms with Crippen LogP contribution in [0.4, 0.5) is 5.69 Å². The molecule has 0 aliphatic rings. The smallest absolute Gasteiger partial charge is 0.248 e. The van der Waals surface area contributed by atoms with Crippen LogP contribution < -0.4 is 10.1 Å². The molecule has 3 rings (SSSR count). The number of nitrogens with one attached hydrogen (secondary N) is 1. The highest BCUT2D eigenvalue weighted by molar-refractivity contribution is 6.30. The first-order valence-electron chi connectivity index (χ1n) is 7.79. The summed E-state index contributed by atoms with van der Waals surface area (Å²) in [6.07, 6.45) is 3.25. The van der Waals surface area contributed by atoms with Gasteiger partial charge in [-0.25, -0.2) is 0 Å². The third kappa shape index (κ3) is 3.69. The number of furan rings is 1. The molecule has 4 nitrogen and oxygen atoms in total. The second kappa shape index (κ2) is 7.03. The lowest BCUT2D eigenvalue weighted by molar-refractivity contribution is -0.111. The minimum Gasteiger partial charge on any atom is -0.496 e. The fourth-order valence-corrected chi connectivity index (χ4v) is 2.87. The molecule has 1 amide bonds. The van der Waals surface area contributed by atoms with Crippen LogP contribution in [0.15, 0.2) is 53.2 Å². The number of halogens is 1. The maximum absolute atomic E-state index is 12.3. The van der Waals surface area contributed by atoms with Crippen LogP contribution in [-0.2, 0) is 4.79 Å². The molecule has 2 aromatic carbocycles. The Hall–Kier alpha value is -2.72. The second-order valence-electron chi connectivity index (χ2n) is 5.79. The average molecular weight is 356 g/mol. The third-order valence-corrected chi connectivity index (χ3v) is 4.19. The first-order chi connectivity index (χ1) is 12.0. The standard InChI is InChI=1S/C20H18ClNO3/c1-12(7-20(23)22-15-6-4-5-14(21)8-15)16-9-17-13(2)11-25-19(17)10-18(16)24-3/h4-11H,1-3H3,(H,22,23)/b12-7+. The zero-order valence-electron chi connectivity index (χ0n) is 14.2. The number of amides is 1. The van der Waals surface area contributed by atoms with Gasteiger partial charge in [-0.15, -0.1) is 0 Å². The van der Waals surface area contributed by atoms with Crippen molar-refractivity contribution in [3.63, 3.8) is 0 Å². The van der Waals surface area contributed by atoms with Crippen LogP contribution in [0.25, 0.3) is 16.5 Å².